The number of aromatic nitrogens is 2. The van der Waals surface area contributed by atoms with Crippen molar-refractivity contribution in [2.45, 2.75) is 102 Å². The van der Waals surface area contributed by atoms with Crippen molar-refractivity contribution in [2.24, 2.45) is 24.3 Å². The summed E-state index contributed by atoms with van der Waals surface area (Å²) >= 11 is 0.996. The van der Waals surface area contributed by atoms with Gasteiger partial charge in [0.25, 0.3) is 5.91 Å². The van der Waals surface area contributed by atoms with Gasteiger partial charge >= 0.3 is 18.9 Å². The Kier molecular flexibility index (Phi) is 14.7. The van der Waals surface area contributed by atoms with E-state index >= 15 is 9.59 Å². The Morgan fingerprint density at radius 1 is 0.904 bits per heavy atom. The lowest BCUT2D eigenvalue weighted by Crippen LogP contribution is -2.59. The standard InChI is InChI=1S/C52H62F2N7O10PS/c1-51(2,3)45(56-47(64)42-28-35-27-36(13-16-41(35)73-42)52(53,54)72(68,69)70)49(66)60-23-20-34(44(60)48(65)59-24-25-71-40(30-59)33-8-6-5-7-9-33)12-10-31-18-21-58(22-19-31)29-32-11-14-37-39(26-32)57(4)50(67)61(37)38-15-17-43(62)55-46(38)63/h5-9,11,13-14,16,26-28,31,34,38,40,44-45H,10,12,15,17-25,29-30H2,1-4H3,(H,56,64)(H,55,62,63)(H2,68,69,70)/t34-,38?,40+,44+,45-/m1/s1. The van der Waals surface area contributed by atoms with Crippen LogP contribution < -0.4 is 16.3 Å². The predicted molar refractivity (Wildman–Crippen MR) is 270 cm³/mol. The summed E-state index contributed by atoms with van der Waals surface area (Å²) in [7, 11) is -4.14. The molecular weight excluding hydrogens is 984 g/mol. The van der Waals surface area contributed by atoms with Crippen molar-refractivity contribution >= 4 is 69.6 Å². The zero-order valence-corrected chi connectivity index (χ0v) is 43.0. The van der Waals surface area contributed by atoms with Crippen LogP contribution in [0.3, 0.4) is 0 Å². The van der Waals surface area contributed by atoms with Crippen LogP contribution in [0.5, 0.6) is 0 Å². The molecule has 0 spiro atoms. The van der Waals surface area contributed by atoms with Gasteiger partial charge in [0.15, 0.2) is 0 Å². The quantitative estimate of drug-likeness (QED) is 0.0747. The average Bonchev–Trinajstić information content (AvgIpc) is 4.06. The van der Waals surface area contributed by atoms with Gasteiger partial charge in [-0.2, -0.15) is 8.78 Å². The van der Waals surface area contributed by atoms with E-state index < -0.39 is 60.1 Å². The number of thiophene rings is 1. The lowest BCUT2D eigenvalue weighted by molar-refractivity contribution is -0.152. The number of nitrogens with zero attached hydrogens (tertiary/aromatic N) is 5. The molecule has 21 heteroatoms. The van der Waals surface area contributed by atoms with E-state index in [-0.39, 0.29) is 52.6 Å². The SMILES string of the molecule is Cn1c(=O)n(C2CCC(=O)NC2=O)c2ccc(CN3CCC(CC[C@@H]4CCN(C(=O)[C@@H](NC(=O)c5cc6cc(C(F)(F)P(=O)(O)O)ccc6s5)C(C)(C)C)[C@@H]4C(=O)N4CCO[C@H](c5ccccc5)C4)CC3)cc21. The largest absolute Gasteiger partial charge is 0.399 e. The minimum absolute atomic E-state index is 0.113. The number of carbonyl (C=O) groups excluding carboxylic acids is 5. The number of aryl methyl sites for hydroxylation is 1. The molecule has 5 atom stereocenters. The first-order valence-corrected chi connectivity index (χ1v) is 27.3. The molecule has 1 unspecified atom stereocenters. The van der Waals surface area contributed by atoms with Gasteiger partial charge in [-0.15, -0.1) is 11.3 Å². The number of carbonyl (C=O) groups is 5. The van der Waals surface area contributed by atoms with Crippen molar-refractivity contribution < 1.29 is 51.8 Å². The monoisotopic (exact) mass is 1050 g/mol. The summed E-state index contributed by atoms with van der Waals surface area (Å²) in [5.74, 6) is -1.78. The fourth-order valence-corrected chi connectivity index (χ4v) is 12.5. The number of benzene rings is 3. The zero-order valence-electron chi connectivity index (χ0n) is 41.3. The van der Waals surface area contributed by atoms with Crippen LogP contribution in [0.25, 0.3) is 21.1 Å². The van der Waals surface area contributed by atoms with Crippen LogP contribution in [0.15, 0.2) is 77.6 Å². The van der Waals surface area contributed by atoms with Gasteiger partial charge < -0.3 is 29.6 Å². The van der Waals surface area contributed by atoms with Gasteiger partial charge in [0, 0.05) is 43.4 Å². The van der Waals surface area contributed by atoms with Crippen LogP contribution in [0, 0.1) is 17.3 Å². The molecule has 4 aliphatic rings. The molecular formula is C52H62F2N7O10PS. The van der Waals surface area contributed by atoms with Crippen LogP contribution in [-0.2, 0) is 47.7 Å². The molecule has 0 aliphatic carbocycles. The second-order valence-corrected chi connectivity index (χ2v) is 23.8. The number of likely N-dealkylation sites (tertiary alicyclic amines) is 2. The Hall–Kier alpha value is -5.63. The molecule has 4 aliphatic heterocycles. The van der Waals surface area contributed by atoms with Gasteiger partial charge in [-0.1, -0.05) is 63.2 Å². The van der Waals surface area contributed by atoms with E-state index in [1.54, 1.807) is 21.4 Å². The molecule has 0 radical (unpaired) electrons. The van der Waals surface area contributed by atoms with Crippen LogP contribution in [0.1, 0.15) is 104 Å². The minimum atomic E-state index is -5.83. The highest BCUT2D eigenvalue weighted by atomic mass is 32.1. The maximum Gasteiger partial charge on any atom is 0.399 e. The van der Waals surface area contributed by atoms with Gasteiger partial charge in [0.2, 0.25) is 23.6 Å². The molecule has 73 heavy (non-hydrogen) atoms. The number of hydrogen-bond acceptors (Lipinski definition) is 10. The number of halogens is 2. The highest BCUT2D eigenvalue weighted by molar-refractivity contribution is 7.52. The van der Waals surface area contributed by atoms with Gasteiger partial charge in [0.1, 0.15) is 24.2 Å². The van der Waals surface area contributed by atoms with Gasteiger partial charge in [-0.05, 0) is 116 Å². The summed E-state index contributed by atoms with van der Waals surface area (Å²) in [5, 5.41) is 5.46. The maximum atomic E-state index is 15.0. The lowest BCUT2D eigenvalue weighted by atomic mass is 9.84. The Labute approximate surface area is 425 Å². The van der Waals surface area contributed by atoms with Gasteiger partial charge in [-0.25, -0.2) is 4.79 Å². The third-order valence-corrected chi connectivity index (χ3v) is 17.3. The number of rotatable bonds is 13. The second kappa shape index (κ2) is 20.6. The number of ether oxygens (including phenoxy) is 1. The lowest BCUT2D eigenvalue weighted by Gasteiger charge is -2.40. The first kappa shape index (κ1) is 52.2. The summed E-state index contributed by atoms with van der Waals surface area (Å²) < 4.78 is 50.4. The van der Waals surface area contributed by atoms with E-state index in [1.807, 2.05) is 69.3 Å². The summed E-state index contributed by atoms with van der Waals surface area (Å²) in [6.07, 6.45) is 4.12. The van der Waals surface area contributed by atoms with Crippen molar-refractivity contribution in [2.75, 3.05) is 39.3 Å². The minimum Gasteiger partial charge on any atom is -0.370 e. The zero-order chi connectivity index (χ0) is 52.1. The predicted octanol–water partition coefficient (Wildman–Crippen LogP) is 6.41. The third-order valence-electron chi connectivity index (χ3n) is 15.2. The van der Waals surface area contributed by atoms with E-state index in [0.717, 1.165) is 66.9 Å². The van der Waals surface area contributed by atoms with E-state index in [2.05, 4.69) is 15.5 Å². The number of nitrogens with one attached hydrogen (secondary N) is 2. The number of alkyl halides is 2. The number of fused-ring (bicyclic) bond motifs is 2. The molecule has 3 aromatic carbocycles. The molecule has 17 nitrogen and oxygen atoms in total. The molecule has 390 valence electrons. The highest BCUT2D eigenvalue weighted by Gasteiger charge is 2.51. The molecule has 5 aromatic rings. The Balaban J connectivity index is 0.887. The summed E-state index contributed by atoms with van der Waals surface area (Å²) in [6.45, 7) is 9.13. The molecule has 0 bridgehead atoms. The maximum absolute atomic E-state index is 15.0. The molecule has 4 saturated heterocycles. The number of hydrogen-bond donors (Lipinski definition) is 4. The Bertz CT molecular complexity index is 3050. The molecule has 0 saturated carbocycles. The highest BCUT2D eigenvalue weighted by Crippen LogP contribution is 2.59. The summed E-state index contributed by atoms with van der Waals surface area (Å²) in [4.78, 5) is 106. The molecule has 4 N–H and O–H groups in total. The van der Waals surface area contributed by atoms with E-state index in [1.165, 1.54) is 16.7 Å². The Morgan fingerprint density at radius 2 is 1.64 bits per heavy atom. The molecule has 2 aromatic heterocycles. The normalized spacial score (nSPS) is 22.2. The van der Waals surface area contributed by atoms with Crippen molar-refractivity contribution in [1.82, 2.24) is 34.5 Å². The Morgan fingerprint density at radius 3 is 2.34 bits per heavy atom. The summed E-state index contributed by atoms with van der Waals surface area (Å²) in [5.41, 5.74) is -3.12. The fourth-order valence-electron chi connectivity index (χ4n) is 11.1. The van der Waals surface area contributed by atoms with E-state index in [0.29, 0.717) is 67.3 Å². The third kappa shape index (κ3) is 10.7. The number of imide groups is 1. The van der Waals surface area contributed by atoms with Gasteiger partial charge in [-0.3, -0.25) is 47.9 Å². The molecule has 5 amide bonds. The first-order valence-electron chi connectivity index (χ1n) is 24.9. The molecule has 6 heterocycles. The number of amides is 5. The number of piperidine rings is 2. The second-order valence-electron chi connectivity index (χ2n) is 21.1. The van der Waals surface area contributed by atoms with Crippen molar-refractivity contribution in [3.05, 3.63) is 105 Å². The smallest absolute Gasteiger partial charge is 0.370 e. The topological polar surface area (TPSA) is 213 Å². The fraction of sp³-hybridized carbons (Fsp3) is 0.500. The van der Waals surface area contributed by atoms with Crippen molar-refractivity contribution in [3.8, 4) is 0 Å². The average molecular weight is 1050 g/mol. The van der Waals surface area contributed by atoms with E-state index in [9.17, 15) is 42.3 Å². The van der Waals surface area contributed by atoms with Crippen molar-refractivity contribution in [3.63, 3.8) is 0 Å². The first-order chi connectivity index (χ1) is 34.6. The van der Waals surface area contributed by atoms with Crippen molar-refractivity contribution in [1.29, 1.82) is 0 Å². The van der Waals surface area contributed by atoms with Crippen LogP contribution >= 0.6 is 18.9 Å². The molecule has 9 rings (SSSR count). The van der Waals surface area contributed by atoms with E-state index in [4.69, 9.17) is 4.74 Å². The number of imidazole rings is 1. The van der Waals surface area contributed by atoms with Gasteiger partial charge in [0.05, 0.1) is 29.1 Å². The number of morpholine rings is 1. The molecule has 4 fully saturated rings. The van der Waals surface area contributed by atoms with Crippen LogP contribution in [-0.4, -0.2) is 115 Å². The van der Waals surface area contributed by atoms with Crippen LogP contribution in [0.2, 0.25) is 0 Å². The van der Waals surface area contributed by atoms with Crippen LogP contribution in [0.4, 0.5) is 8.78 Å². The summed E-state index contributed by atoms with van der Waals surface area (Å²) in [6, 6.07) is 17.4.